The molecule has 29 heavy (non-hydrogen) atoms. The van der Waals surface area contributed by atoms with Crippen LogP contribution in [0.15, 0.2) is 69.9 Å². The highest BCUT2D eigenvalue weighted by Gasteiger charge is 2.30. The predicted octanol–water partition coefficient (Wildman–Crippen LogP) is 4.74. The average Bonchev–Trinajstić information content (AvgIpc) is 3.37. The van der Waals surface area contributed by atoms with Crippen LogP contribution in [0.4, 0.5) is 13.2 Å². The summed E-state index contributed by atoms with van der Waals surface area (Å²) in [5.41, 5.74) is 0.828. The molecule has 0 atom stereocenters. The topological polar surface area (TPSA) is 47.5 Å². The molecule has 0 bridgehead atoms. The molecule has 0 radical (unpaired) electrons. The molecule has 0 aliphatic heterocycles. The first-order valence-electron chi connectivity index (χ1n) is 8.59. The molecule has 4 nitrogen and oxygen atoms in total. The molecule has 8 heteroatoms. The summed E-state index contributed by atoms with van der Waals surface area (Å²) in [7, 11) is 0. The van der Waals surface area contributed by atoms with Crippen LogP contribution in [0.25, 0.3) is 33.4 Å². The number of nitrogens with zero attached hydrogens (tertiary/aromatic N) is 2. The van der Waals surface area contributed by atoms with Crippen LogP contribution in [-0.2, 0) is 6.18 Å². The van der Waals surface area contributed by atoms with Crippen molar-refractivity contribution in [2.75, 3.05) is 0 Å². The maximum Gasteiger partial charge on any atom is 0.416 e. The number of furan rings is 1. The van der Waals surface area contributed by atoms with E-state index in [1.807, 2.05) is 24.3 Å². The van der Waals surface area contributed by atoms with Crippen LogP contribution in [0.5, 0.6) is 0 Å². The Hall–Kier alpha value is -3.39. The number of hydrogen-bond donors (Lipinski definition) is 0. The Labute approximate surface area is 165 Å². The quantitative estimate of drug-likeness (QED) is 0.421. The highest BCUT2D eigenvalue weighted by Crippen LogP contribution is 2.32. The van der Waals surface area contributed by atoms with Crippen molar-refractivity contribution in [3.8, 4) is 11.3 Å². The summed E-state index contributed by atoms with van der Waals surface area (Å²) in [6, 6.07) is 15.5. The van der Waals surface area contributed by atoms with Crippen molar-refractivity contribution in [1.82, 2.24) is 9.38 Å². The predicted molar refractivity (Wildman–Crippen MR) is 105 cm³/mol. The number of aromatic nitrogens is 2. The number of imidazole rings is 1. The molecule has 0 saturated carbocycles. The van der Waals surface area contributed by atoms with E-state index in [2.05, 4.69) is 4.98 Å². The number of fused-ring (bicyclic) bond motifs is 3. The molecule has 5 rings (SSSR count). The van der Waals surface area contributed by atoms with Crippen molar-refractivity contribution in [3.63, 3.8) is 0 Å². The maximum atomic E-state index is 12.9. The molecule has 0 fully saturated rings. The van der Waals surface area contributed by atoms with Crippen molar-refractivity contribution in [1.29, 1.82) is 0 Å². The Morgan fingerprint density at radius 1 is 1.03 bits per heavy atom. The van der Waals surface area contributed by atoms with Crippen molar-refractivity contribution in [3.05, 3.63) is 86.9 Å². The van der Waals surface area contributed by atoms with Gasteiger partial charge in [0.15, 0.2) is 4.96 Å². The Kier molecular flexibility index (Phi) is 3.85. The Morgan fingerprint density at radius 3 is 2.69 bits per heavy atom. The molecule has 2 aromatic carbocycles. The minimum atomic E-state index is -4.43. The van der Waals surface area contributed by atoms with Crippen LogP contribution in [-0.4, -0.2) is 9.38 Å². The SMILES string of the molecule is O=c1/c(=C\c2ccc(-c3cccc(C(F)(F)F)c3)o2)sc2nc3ccccc3n12. The fourth-order valence-electron chi connectivity index (χ4n) is 3.18. The molecule has 0 unspecified atom stereocenters. The summed E-state index contributed by atoms with van der Waals surface area (Å²) in [4.78, 5) is 17.8. The average molecular weight is 412 g/mol. The van der Waals surface area contributed by atoms with E-state index < -0.39 is 11.7 Å². The molecule has 0 N–H and O–H groups in total. The van der Waals surface area contributed by atoms with Gasteiger partial charge in [-0.1, -0.05) is 35.6 Å². The van der Waals surface area contributed by atoms with Gasteiger partial charge in [0.25, 0.3) is 5.56 Å². The fraction of sp³-hybridized carbons (Fsp3) is 0.0476. The van der Waals surface area contributed by atoms with Crippen LogP contribution in [0.2, 0.25) is 0 Å². The second kappa shape index (κ2) is 6.31. The lowest BCUT2D eigenvalue weighted by atomic mass is 10.1. The van der Waals surface area contributed by atoms with Gasteiger partial charge in [-0.2, -0.15) is 13.2 Å². The van der Waals surface area contributed by atoms with Crippen molar-refractivity contribution < 1.29 is 17.6 Å². The number of para-hydroxylation sites is 2. The van der Waals surface area contributed by atoms with Gasteiger partial charge in [0.2, 0.25) is 0 Å². The van der Waals surface area contributed by atoms with Gasteiger partial charge in [-0.05, 0) is 36.4 Å². The van der Waals surface area contributed by atoms with E-state index in [0.717, 1.165) is 23.2 Å². The molecule has 0 amide bonds. The Morgan fingerprint density at radius 2 is 1.86 bits per heavy atom. The molecule has 0 aliphatic rings. The first-order valence-corrected chi connectivity index (χ1v) is 9.41. The van der Waals surface area contributed by atoms with Gasteiger partial charge < -0.3 is 4.42 Å². The van der Waals surface area contributed by atoms with Crippen LogP contribution in [0, 0.1) is 0 Å². The van der Waals surface area contributed by atoms with Gasteiger partial charge >= 0.3 is 6.18 Å². The van der Waals surface area contributed by atoms with Crippen molar-refractivity contribution in [2.45, 2.75) is 6.18 Å². The van der Waals surface area contributed by atoms with Crippen LogP contribution < -0.4 is 10.1 Å². The minimum Gasteiger partial charge on any atom is -0.457 e. The zero-order chi connectivity index (χ0) is 20.2. The van der Waals surface area contributed by atoms with Crippen molar-refractivity contribution in [2.24, 2.45) is 0 Å². The molecule has 0 aliphatic carbocycles. The summed E-state index contributed by atoms with van der Waals surface area (Å²) in [6.45, 7) is 0. The first kappa shape index (κ1) is 17.7. The molecule has 0 spiro atoms. The number of rotatable bonds is 2. The Bertz CT molecular complexity index is 1480. The van der Waals surface area contributed by atoms with Gasteiger partial charge in [0.05, 0.1) is 16.6 Å². The van der Waals surface area contributed by atoms with Gasteiger partial charge in [0, 0.05) is 11.6 Å². The summed E-state index contributed by atoms with van der Waals surface area (Å²) in [6.07, 6.45) is -2.85. The number of halogens is 3. The number of thiazole rings is 1. The molecule has 0 saturated heterocycles. The van der Waals surface area contributed by atoms with E-state index in [0.29, 0.717) is 26.6 Å². The van der Waals surface area contributed by atoms with Crippen LogP contribution in [0.1, 0.15) is 11.3 Å². The zero-order valence-electron chi connectivity index (χ0n) is 14.6. The monoisotopic (exact) mass is 412 g/mol. The standard InChI is InChI=1S/C21H11F3N2O2S/c22-21(23,24)13-5-3-4-12(10-13)17-9-8-14(28-17)11-18-19(27)26-16-7-2-1-6-15(16)25-20(26)29-18/h1-11H/b18-11+. The second-order valence-electron chi connectivity index (χ2n) is 6.41. The van der Waals surface area contributed by atoms with E-state index in [4.69, 9.17) is 4.42 Å². The highest BCUT2D eigenvalue weighted by molar-refractivity contribution is 7.15. The molecule has 5 aromatic rings. The normalized spacial score (nSPS) is 13.0. The van der Waals surface area contributed by atoms with E-state index >= 15 is 0 Å². The summed E-state index contributed by atoms with van der Waals surface area (Å²) in [5, 5.41) is 0. The number of benzene rings is 2. The number of hydrogen-bond acceptors (Lipinski definition) is 4. The van der Waals surface area contributed by atoms with E-state index in [9.17, 15) is 18.0 Å². The zero-order valence-corrected chi connectivity index (χ0v) is 15.4. The van der Waals surface area contributed by atoms with E-state index in [1.165, 1.54) is 17.4 Å². The highest BCUT2D eigenvalue weighted by atomic mass is 32.1. The van der Waals surface area contributed by atoms with E-state index in [-0.39, 0.29) is 5.56 Å². The smallest absolute Gasteiger partial charge is 0.416 e. The third-order valence-electron chi connectivity index (χ3n) is 4.52. The van der Waals surface area contributed by atoms with Crippen LogP contribution in [0.3, 0.4) is 0 Å². The van der Waals surface area contributed by atoms with Crippen molar-refractivity contribution >= 4 is 33.4 Å². The second-order valence-corrected chi connectivity index (χ2v) is 7.42. The molecule has 144 valence electrons. The lowest BCUT2D eigenvalue weighted by Gasteiger charge is -2.07. The fourth-order valence-corrected chi connectivity index (χ4v) is 4.14. The third-order valence-corrected chi connectivity index (χ3v) is 5.49. The van der Waals surface area contributed by atoms with Gasteiger partial charge in [-0.25, -0.2) is 9.38 Å². The molecular formula is C21H11F3N2O2S. The van der Waals surface area contributed by atoms with Crippen LogP contribution >= 0.6 is 11.3 Å². The van der Waals surface area contributed by atoms with Gasteiger partial charge in [-0.3, -0.25) is 4.79 Å². The first-order chi connectivity index (χ1) is 13.9. The summed E-state index contributed by atoms with van der Waals surface area (Å²) in [5.74, 6) is 0.671. The molecule has 3 aromatic heterocycles. The summed E-state index contributed by atoms with van der Waals surface area (Å²) < 4.78 is 46.4. The lowest BCUT2D eigenvalue weighted by Crippen LogP contribution is -2.22. The number of alkyl halides is 3. The van der Waals surface area contributed by atoms with Gasteiger partial charge in [0.1, 0.15) is 16.1 Å². The Balaban J connectivity index is 1.57. The molecule has 3 heterocycles. The lowest BCUT2D eigenvalue weighted by molar-refractivity contribution is -0.137. The van der Waals surface area contributed by atoms with Gasteiger partial charge in [-0.15, -0.1) is 0 Å². The summed E-state index contributed by atoms with van der Waals surface area (Å²) >= 11 is 1.23. The largest absolute Gasteiger partial charge is 0.457 e. The maximum absolute atomic E-state index is 12.9. The minimum absolute atomic E-state index is 0.212. The molecular weight excluding hydrogens is 401 g/mol. The third kappa shape index (κ3) is 3.01. The van der Waals surface area contributed by atoms with E-state index in [1.54, 1.807) is 28.7 Å².